The number of carbonyl (C=O) groups excluding carboxylic acids is 1. The molecule has 0 aliphatic heterocycles. The molecule has 1 rings (SSSR count). The van der Waals surface area contributed by atoms with E-state index in [1.54, 1.807) is 11.7 Å². The predicted octanol–water partition coefficient (Wildman–Crippen LogP) is 1.98. The lowest BCUT2D eigenvalue weighted by Crippen LogP contribution is -2.34. The minimum atomic E-state index is -3.85. The van der Waals surface area contributed by atoms with Crippen LogP contribution in [0.3, 0.4) is 0 Å². The van der Waals surface area contributed by atoms with Crippen LogP contribution in [0, 0.1) is 0 Å². The molecule has 1 heterocycles. The van der Waals surface area contributed by atoms with Crippen molar-refractivity contribution in [1.29, 1.82) is 0 Å². The van der Waals surface area contributed by atoms with Crippen molar-refractivity contribution >= 4 is 25.6 Å². The molecule has 0 saturated carbocycles. The third-order valence-electron chi connectivity index (χ3n) is 2.98. The van der Waals surface area contributed by atoms with E-state index in [0.717, 1.165) is 6.42 Å². The molecule has 1 aromatic rings. The number of hydrogen-bond acceptors (Lipinski definition) is 4. The maximum absolute atomic E-state index is 12.2. The first-order chi connectivity index (χ1) is 9.79. The third kappa shape index (κ3) is 5.33. The standard InChI is InChI=1S/C13H21ClN2O4S/c1-4-6-16-9-11(21(14,18)19)8-12(16)13(17)15-10(2)5-7-20-3/h8-10H,4-7H2,1-3H3,(H,15,17). The average Bonchev–Trinajstić information content (AvgIpc) is 2.81. The first-order valence-corrected chi connectivity index (χ1v) is 9.05. The molecule has 6 nitrogen and oxygen atoms in total. The summed E-state index contributed by atoms with van der Waals surface area (Å²) in [6.07, 6.45) is 2.84. The Bertz CT molecular complexity index is 583. The van der Waals surface area contributed by atoms with Crippen molar-refractivity contribution in [3.8, 4) is 0 Å². The number of methoxy groups -OCH3 is 1. The molecule has 0 aliphatic rings. The highest BCUT2D eigenvalue weighted by molar-refractivity contribution is 8.13. The first-order valence-electron chi connectivity index (χ1n) is 6.74. The predicted molar refractivity (Wildman–Crippen MR) is 81.2 cm³/mol. The van der Waals surface area contributed by atoms with Crippen molar-refractivity contribution in [1.82, 2.24) is 9.88 Å². The fourth-order valence-corrected chi connectivity index (χ4v) is 2.66. The van der Waals surface area contributed by atoms with Crippen molar-refractivity contribution in [2.45, 2.75) is 44.2 Å². The maximum Gasteiger partial charge on any atom is 0.268 e. The highest BCUT2D eigenvalue weighted by atomic mass is 35.7. The fraction of sp³-hybridized carbons (Fsp3) is 0.615. The van der Waals surface area contributed by atoms with Crippen LogP contribution >= 0.6 is 10.7 Å². The molecule has 1 unspecified atom stereocenters. The number of nitrogens with one attached hydrogen (secondary N) is 1. The Balaban J connectivity index is 2.94. The molecule has 0 bridgehead atoms. The van der Waals surface area contributed by atoms with E-state index in [-0.39, 0.29) is 16.8 Å². The summed E-state index contributed by atoms with van der Waals surface area (Å²) >= 11 is 0. The molecule has 21 heavy (non-hydrogen) atoms. The van der Waals surface area contributed by atoms with Gasteiger partial charge in [-0.25, -0.2) is 8.42 Å². The van der Waals surface area contributed by atoms with Crippen molar-refractivity contribution < 1.29 is 17.9 Å². The number of hydrogen-bond donors (Lipinski definition) is 1. The molecular weight excluding hydrogens is 316 g/mol. The van der Waals surface area contributed by atoms with Crippen LogP contribution in [-0.4, -0.2) is 38.7 Å². The molecule has 1 aromatic heterocycles. The Kier molecular flexibility index (Phi) is 6.70. The number of carbonyl (C=O) groups is 1. The van der Waals surface area contributed by atoms with Gasteiger partial charge in [0.2, 0.25) is 0 Å². The summed E-state index contributed by atoms with van der Waals surface area (Å²) in [5.41, 5.74) is 0.292. The van der Waals surface area contributed by atoms with Crippen LogP contribution in [0.1, 0.15) is 37.2 Å². The summed E-state index contributed by atoms with van der Waals surface area (Å²) in [6.45, 7) is 4.89. The highest BCUT2D eigenvalue weighted by Crippen LogP contribution is 2.19. The third-order valence-corrected chi connectivity index (χ3v) is 4.30. The minimum Gasteiger partial charge on any atom is -0.385 e. The molecule has 0 radical (unpaired) electrons. The molecule has 0 spiro atoms. The van der Waals surface area contributed by atoms with Gasteiger partial charge in [-0.05, 0) is 25.8 Å². The second-order valence-corrected chi connectivity index (χ2v) is 7.41. The van der Waals surface area contributed by atoms with Crippen molar-refractivity contribution in [3.63, 3.8) is 0 Å². The van der Waals surface area contributed by atoms with Gasteiger partial charge >= 0.3 is 0 Å². The molecule has 1 amide bonds. The van der Waals surface area contributed by atoms with E-state index in [1.807, 2.05) is 13.8 Å². The van der Waals surface area contributed by atoms with Crippen LogP contribution in [0.25, 0.3) is 0 Å². The smallest absolute Gasteiger partial charge is 0.268 e. The van der Waals surface area contributed by atoms with E-state index in [9.17, 15) is 13.2 Å². The van der Waals surface area contributed by atoms with Gasteiger partial charge in [-0.3, -0.25) is 4.79 Å². The molecule has 0 aliphatic carbocycles. The van der Waals surface area contributed by atoms with Gasteiger partial charge in [0.1, 0.15) is 10.6 Å². The fourth-order valence-electron chi connectivity index (χ4n) is 1.90. The lowest BCUT2D eigenvalue weighted by atomic mass is 10.2. The van der Waals surface area contributed by atoms with E-state index < -0.39 is 9.05 Å². The molecular formula is C13H21ClN2O4S. The van der Waals surface area contributed by atoms with E-state index in [4.69, 9.17) is 15.4 Å². The summed E-state index contributed by atoms with van der Waals surface area (Å²) in [4.78, 5) is 12.2. The lowest BCUT2D eigenvalue weighted by Gasteiger charge is -2.14. The van der Waals surface area contributed by atoms with Crippen molar-refractivity contribution in [2.75, 3.05) is 13.7 Å². The van der Waals surface area contributed by atoms with Crippen LogP contribution in [0.4, 0.5) is 0 Å². The molecule has 0 fully saturated rings. The van der Waals surface area contributed by atoms with E-state index >= 15 is 0 Å². The van der Waals surface area contributed by atoms with Gasteiger partial charge in [0, 0.05) is 43.2 Å². The number of rotatable bonds is 8. The van der Waals surface area contributed by atoms with Crippen LogP contribution in [0.2, 0.25) is 0 Å². The molecule has 120 valence electrons. The molecule has 1 N–H and O–H groups in total. The van der Waals surface area contributed by atoms with Gasteiger partial charge in [-0.2, -0.15) is 0 Å². The molecule has 0 saturated heterocycles. The van der Waals surface area contributed by atoms with Crippen LogP contribution < -0.4 is 5.32 Å². The van der Waals surface area contributed by atoms with Crippen LogP contribution in [0.15, 0.2) is 17.2 Å². The van der Waals surface area contributed by atoms with Gasteiger partial charge in [0.15, 0.2) is 0 Å². The van der Waals surface area contributed by atoms with Gasteiger partial charge in [-0.15, -0.1) is 0 Å². The van der Waals surface area contributed by atoms with E-state index in [0.29, 0.717) is 25.3 Å². The Morgan fingerprint density at radius 2 is 2.19 bits per heavy atom. The second kappa shape index (κ2) is 7.82. The average molecular weight is 337 g/mol. The Labute approximate surface area is 129 Å². The summed E-state index contributed by atoms with van der Waals surface area (Å²) in [7, 11) is 3.08. The summed E-state index contributed by atoms with van der Waals surface area (Å²) in [5, 5.41) is 2.82. The highest BCUT2D eigenvalue weighted by Gasteiger charge is 2.20. The van der Waals surface area contributed by atoms with Gasteiger partial charge in [0.05, 0.1) is 0 Å². The number of aromatic nitrogens is 1. The number of halogens is 1. The number of nitrogens with zero attached hydrogens (tertiary/aromatic N) is 1. The lowest BCUT2D eigenvalue weighted by molar-refractivity contribution is 0.0920. The zero-order valence-corrected chi connectivity index (χ0v) is 14.0. The largest absolute Gasteiger partial charge is 0.385 e. The summed E-state index contributed by atoms with van der Waals surface area (Å²) < 4.78 is 29.3. The summed E-state index contributed by atoms with van der Waals surface area (Å²) in [5.74, 6) is -0.321. The Hall–Kier alpha value is -1.05. The van der Waals surface area contributed by atoms with Gasteiger partial charge in [-0.1, -0.05) is 6.92 Å². The quantitative estimate of drug-likeness (QED) is 0.736. The molecule has 0 aromatic carbocycles. The van der Waals surface area contributed by atoms with E-state index in [2.05, 4.69) is 5.32 Å². The molecule has 1 atom stereocenters. The minimum absolute atomic E-state index is 0.0627. The molecule has 8 heteroatoms. The van der Waals surface area contributed by atoms with Gasteiger partial charge < -0.3 is 14.6 Å². The Morgan fingerprint density at radius 3 is 2.71 bits per heavy atom. The van der Waals surface area contributed by atoms with E-state index in [1.165, 1.54) is 12.3 Å². The Morgan fingerprint density at radius 1 is 1.52 bits per heavy atom. The van der Waals surface area contributed by atoms with Crippen molar-refractivity contribution in [2.24, 2.45) is 0 Å². The zero-order chi connectivity index (χ0) is 16.0. The summed E-state index contributed by atoms with van der Waals surface area (Å²) in [6, 6.07) is 1.23. The van der Waals surface area contributed by atoms with Crippen molar-refractivity contribution in [3.05, 3.63) is 18.0 Å². The second-order valence-electron chi connectivity index (χ2n) is 4.85. The first kappa shape index (κ1) is 18.0. The number of amides is 1. The zero-order valence-electron chi connectivity index (χ0n) is 12.4. The monoisotopic (exact) mass is 336 g/mol. The topological polar surface area (TPSA) is 77.4 Å². The SMILES string of the molecule is CCCn1cc(S(=O)(=O)Cl)cc1C(=O)NC(C)CCOC. The van der Waals surface area contributed by atoms with Gasteiger partial charge in [0.25, 0.3) is 15.0 Å². The number of ether oxygens (including phenoxy) is 1. The maximum atomic E-state index is 12.2. The van der Waals surface area contributed by atoms with Crippen LogP contribution in [0.5, 0.6) is 0 Å². The normalized spacial score (nSPS) is 13.1. The van der Waals surface area contributed by atoms with Crippen LogP contribution in [-0.2, 0) is 20.3 Å². The number of aryl methyl sites for hydroxylation is 1.